The number of rotatable bonds is 4. The molecule has 1 saturated heterocycles. The molecule has 0 saturated carbocycles. The number of nitrogens with zero attached hydrogens (tertiary/aromatic N) is 1. The van der Waals surface area contributed by atoms with Crippen molar-refractivity contribution in [3.63, 3.8) is 0 Å². The number of aliphatic carboxylic acids is 1. The van der Waals surface area contributed by atoms with E-state index in [4.69, 9.17) is 5.11 Å². The number of hydrogen-bond acceptors (Lipinski definition) is 3. The third-order valence-electron chi connectivity index (χ3n) is 3.71. The minimum Gasteiger partial charge on any atom is -0.508 e. The van der Waals surface area contributed by atoms with Crippen LogP contribution in [-0.4, -0.2) is 34.2 Å². The first-order valence-electron chi connectivity index (χ1n) is 6.21. The van der Waals surface area contributed by atoms with Crippen molar-refractivity contribution < 1.29 is 15.0 Å². The standard InChI is InChI=1S/C14H19NO3/c1-9-3-4-13(16)11(5-9)6-15-7-12(8-15)10(2)14(17)18/h3-5,10,12,16H,6-8H2,1-2H3,(H,17,18). The average Bonchev–Trinajstić information content (AvgIpc) is 2.26. The fourth-order valence-corrected chi connectivity index (χ4v) is 2.34. The molecule has 0 amide bonds. The van der Waals surface area contributed by atoms with Crippen molar-refractivity contribution in [3.05, 3.63) is 29.3 Å². The Morgan fingerprint density at radius 3 is 2.78 bits per heavy atom. The van der Waals surface area contributed by atoms with Gasteiger partial charge in [-0.3, -0.25) is 9.69 Å². The summed E-state index contributed by atoms with van der Waals surface area (Å²) in [5.74, 6) is -0.463. The second-order valence-corrected chi connectivity index (χ2v) is 5.21. The van der Waals surface area contributed by atoms with Crippen molar-refractivity contribution in [2.45, 2.75) is 20.4 Å². The highest BCUT2D eigenvalue weighted by Gasteiger charge is 2.34. The first kappa shape index (κ1) is 12.9. The van der Waals surface area contributed by atoms with E-state index in [1.165, 1.54) is 0 Å². The highest BCUT2D eigenvalue weighted by molar-refractivity contribution is 5.70. The highest BCUT2D eigenvalue weighted by atomic mass is 16.4. The van der Waals surface area contributed by atoms with E-state index >= 15 is 0 Å². The lowest BCUT2D eigenvalue weighted by Gasteiger charge is -2.41. The van der Waals surface area contributed by atoms with E-state index < -0.39 is 5.97 Å². The van der Waals surface area contributed by atoms with E-state index in [1.54, 1.807) is 13.0 Å². The van der Waals surface area contributed by atoms with E-state index in [-0.39, 0.29) is 11.8 Å². The Kier molecular flexibility index (Phi) is 3.57. The SMILES string of the molecule is Cc1ccc(O)c(CN2CC(C(C)C(=O)O)C2)c1. The van der Waals surface area contributed by atoms with Crippen molar-refractivity contribution in [1.29, 1.82) is 0 Å². The van der Waals surface area contributed by atoms with Gasteiger partial charge in [-0.2, -0.15) is 0 Å². The quantitative estimate of drug-likeness (QED) is 0.855. The molecule has 1 aliphatic rings. The first-order chi connectivity index (χ1) is 8.47. The van der Waals surface area contributed by atoms with Crippen LogP contribution >= 0.6 is 0 Å². The van der Waals surface area contributed by atoms with Gasteiger partial charge in [0.05, 0.1) is 5.92 Å². The summed E-state index contributed by atoms with van der Waals surface area (Å²) in [5, 5.41) is 18.7. The molecular weight excluding hydrogens is 230 g/mol. The van der Waals surface area contributed by atoms with Crippen molar-refractivity contribution in [1.82, 2.24) is 4.90 Å². The van der Waals surface area contributed by atoms with Crippen molar-refractivity contribution in [3.8, 4) is 5.75 Å². The van der Waals surface area contributed by atoms with Gasteiger partial charge in [-0.05, 0) is 18.9 Å². The summed E-state index contributed by atoms with van der Waals surface area (Å²) < 4.78 is 0. The van der Waals surface area contributed by atoms with Crippen molar-refractivity contribution in [2.75, 3.05) is 13.1 Å². The van der Waals surface area contributed by atoms with Gasteiger partial charge in [-0.25, -0.2) is 0 Å². The van der Waals surface area contributed by atoms with Gasteiger partial charge >= 0.3 is 5.97 Å². The predicted molar refractivity (Wildman–Crippen MR) is 68.4 cm³/mol. The highest BCUT2D eigenvalue weighted by Crippen LogP contribution is 2.28. The monoisotopic (exact) mass is 249 g/mol. The van der Waals surface area contributed by atoms with Crippen LogP contribution in [0.4, 0.5) is 0 Å². The molecular formula is C14H19NO3. The number of hydrogen-bond donors (Lipinski definition) is 2. The van der Waals surface area contributed by atoms with Crippen LogP contribution < -0.4 is 0 Å². The Morgan fingerprint density at radius 1 is 1.50 bits per heavy atom. The Bertz CT molecular complexity index is 452. The largest absolute Gasteiger partial charge is 0.508 e. The van der Waals surface area contributed by atoms with Crippen LogP contribution in [0.1, 0.15) is 18.1 Å². The van der Waals surface area contributed by atoms with Gasteiger partial charge < -0.3 is 10.2 Å². The van der Waals surface area contributed by atoms with Crippen molar-refractivity contribution in [2.24, 2.45) is 11.8 Å². The minimum absolute atomic E-state index is 0.231. The lowest BCUT2D eigenvalue weighted by atomic mass is 9.87. The van der Waals surface area contributed by atoms with E-state index in [0.29, 0.717) is 12.3 Å². The van der Waals surface area contributed by atoms with Gasteiger partial charge in [0.25, 0.3) is 0 Å². The molecule has 2 N–H and O–H groups in total. The molecule has 1 aromatic rings. The van der Waals surface area contributed by atoms with Crippen LogP contribution in [0, 0.1) is 18.8 Å². The molecule has 4 heteroatoms. The van der Waals surface area contributed by atoms with Gasteiger partial charge in [0.1, 0.15) is 5.75 Å². The van der Waals surface area contributed by atoms with Crippen LogP contribution in [0.15, 0.2) is 18.2 Å². The molecule has 0 aromatic heterocycles. The smallest absolute Gasteiger partial charge is 0.306 e. The van der Waals surface area contributed by atoms with E-state index in [1.807, 2.05) is 19.1 Å². The average molecular weight is 249 g/mol. The number of benzene rings is 1. The summed E-state index contributed by atoms with van der Waals surface area (Å²) in [6, 6.07) is 5.56. The zero-order valence-electron chi connectivity index (χ0n) is 10.8. The Balaban J connectivity index is 1.90. The molecule has 0 aliphatic carbocycles. The molecule has 0 radical (unpaired) electrons. The predicted octanol–water partition coefficient (Wildman–Crippen LogP) is 1.85. The number of aromatic hydroxyl groups is 1. The molecule has 1 atom stereocenters. The van der Waals surface area contributed by atoms with Gasteiger partial charge in [0.2, 0.25) is 0 Å². The van der Waals surface area contributed by atoms with Crippen LogP contribution in [0.2, 0.25) is 0 Å². The Hall–Kier alpha value is -1.55. The van der Waals surface area contributed by atoms with E-state index in [2.05, 4.69) is 4.90 Å². The maximum absolute atomic E-state index is 10.8. The summed E-state index contributed by atoms with van der Waals surface area (Å²) >= 11 is 0. The number of carboxylic acid groups (broad SMARTS) is 1. The third-order valence-corrected chi connectivity index (χ3v) is 3.71. The summed E-state index contributed by atoms with van der Waals surface area (Å²) in [7, 11) is 0. The zero-order chi connectivity index (χ0) is 13.3. The molecule has 98 valence electrons. The number of phenolic OH excluding ortho intramolecular Hbond substituents is 1. The van der Waals surface area contributed by atoms with Gasteiger partial charge in [-0.1, -0.05) is 24.6 Å². The molecule has 1 heterocycles. The maximum atomic E-state index is 10.8. The Labute approximate surface area is 107 Å². The molecule has 1 aliphatic heterocycles. The first-order valence-corrected chi connectivity index (χ1v) is 6.21. The second-order valence-electron chi connectivity index (χ2n) is 5.21. The fourth-order valence-electron chi connectivity index (χ4n) is 2.34. The molecule has 0 bridgehead atoms. The normalized spacial score (nSPS) is 18.3. The summed E-state index contributed by atoms with van der Waals surface area (Å²) in [6.07, 6.45) is 0. The summed E-state index contributed by atoms with van der Waals surface area (Å²) in [6.45, 7) is 6.03. The van der Waals surface area contributed by atoms with Crippen LogP contribution in [0.25, 0.3) is 0 Å². The van der Waals surface area contributed by atoms with Crippen LogP contribution in [0.5, 0.6) is 5.75 Å². The van der Waals surface area contributed by atoms with E-state index in [9.17, 15) is 9.90 Å². The molecule has 0 spiro atoms. The second kappa shape index (κ2) is 4.98. The van der Waals surface area contributed by atoms with Crippen molar-refractivity contribution >= 4 is 5.97 Å². The number of aryl methyl sites for hydroxylation is 1. The third kappa shape index (κ3) is 2.64. The molecule has 1 aromatic carbocycles. The summed E-state index contributed by atoms with van der Waals surface area (Å²) in [5.41, 5.74) is 2.04. The van der Waals surface area contributed by atoms with Gasteiger partial charge in [-0.15, -0.1) is 0 Å². The molecule has 18 heavy (non-hydrogen) atoms. The van der Waals surface area contributed by atoms with Crippen LogP contribution in [0.3, 0.4) is 0 Å². The molecule has 2 rings (SSSR count). The van der Waals surface area contributed by atoms with Gasteiger partial charge in [0, 0.05) is 25.2 Å². The maximum Gasteiger partial charge on any atom is 0.306 e. The number of phenols is 1. The molecule has 1 fully saturated rings. The number of carbonyl (C=O) groups is 1. The van der Waals surface area contributed by atoms with Gasteiger partial charge in [0.15, 0.2) is 0 Å². The minimum atomic E-state index is -0.724. The zero-order valence-corrected chi connectivity index (χ0v) is 10.8. The Morgan fingerprint density at radius 2 is 2.17 bits per heavy atom. The summed E-state index contributed by atoms with van der Waals surface area (Å²) in [4.78, 5) is 13.0. The molecule has 4 nitrogen and oxygen atoms in total. The van der Waals surface area contributed by atoms with Crippen LogP contribution in [-0.2, 0) is 11.3 Å². The lowest BCUT2D eigenvalue weighted by Crippen LogP contribution is -2.50. The number of likely N-dealkylation sites (tertiary alicyclic amines) is 1. The lowest BCUT2D eigenvalue weighted by molar-refractivity contribution is -0.145. The van der Waals surface area contributed by atoms with E-state index in [0.717, 1.165) is 24.2 Å². The molecule has 1 unspecified atom stereocenters. The number of carboxylic acids is 1. The topological polar surface area (TPSA) is 60.8 Å². The fraction of sp³-hybridized carbons (Fsp3) is 0.500.